The van der Waals surface area contributed by atoms with Crippen LogP contribution in [-0.2, 0) is 0 Å². The van der Waals surface area contributed by atoms with Crippen LogP contribution in [0.25, 0.3) is 0 Å². The summed E-state index contributed by atoms with van der Waals surface area (Å²) < 4.78 is 11.2. The lowest BCUT2D eigenvalue weighted by Gasteiger charge is -2.23. The quantitative estimate of drug-likeness (QED) is 0.815. The Labute approximate surface area is 155 Å². The molecule has 2 aliphatic rings. The van der Waals surface area contributed by atoms with Crippen molar-refractivity contribution < 1.29 is 14.3 Å². The molecule has 4 rings (SSSR count). The third kappa shape index (κ3) is 3.53. The van der Waals surface area contributed by atoms with Crippen LogP contribution in [0.2, 0.25) is 10.2 Å². The molecule has 1 aliphatic carbocycles. The van der Waals surface area contributed by atoms with Crippen molar-refractivity contribution in [3.63, 3.8) is 0 Å². The molecule has 0 spiro atoms. The van der Waals surface area contributed by atoms with Gasteiger partial charge < -0.3 is 14.8 Å². The molecule has 1 fully saturated rings. The topological polar surface area (TPSA) is 60.5 Å². The number of aromatic nitrogens is 1. The van der Waals surface area contributed by atoms with E-state index < -0.39 is 0 Å². The lowest BCUT2D eigenvalue weighted by molar-refractivity contribution is 0.0926. The van der Waals surface area contributed by atoms with Gasteiger partial charge in [-0.25, -0.2) is 4.98 Å². The smallest absolute Gasteiger partial charge is 0.271 e. The van der Waals surface area contributed by atoms with Gasteiger partial charge in [-0.1, -0.05) is 29.3 Å². The minimum atomic E-state index is -0.334. The second-order valence-electron chi connectivity index (χ2n) is 6.16. The normalized spacial score (nSPS) is 17.0. The van der Waals surface area contributed by atoms with Crippen LogP contribution in [-0.4, -0.2) is 24.1 Å². The summed E-state index contributed by atoms with van der Waals surface area (Å²) >= 11 is 12.0. The van der Waals surface area contributed by atoms with Crippen molar-refractivity contribution in [2.75, 3.05) is 13.2 Å². The molecule has 130 valence electrons. The van der Waals surface area contributed by atoms with Gasteiger partial charge in [-0.05, 0) is 48.6 Å². The Morgan fingerprint density at radius 3 is 2.64 bits per heavy atom. The van der Waals surface area contributed by atoms with Gasteiger partial charge in [-0.2, -0.15) is 0 Å². The molecule has 2 heterocycles. The van der Waals surface area contributed by atoms with Gasteiger partial charge in [0.05, 0.1) is 11.1 Å². The maximum Gasteiger partial charge on any atom is 0.271 e. The molecule has 2 aromatic rings. The van der Waals surface area contributed by atoms with Gasteiger partial charge in [0.2, 0.25) is 0 Å². The standard InChI is InChI=1S/C18H16Cl2N2O3/c19-12-4-6-15(20)21-17(12)18(23)22-16(10-1-2-10)11-3-5-13-14(9-11)25-8-7-24-13/h3-6,9-10,16H,1-2,7-8H2,(H,22,23). The lowest BCUT2D eigenvalue weighted by atomic mass is 10.0. The molecule has 1 aromatic heterocycles. The van der Waals surface area contributed by atoms with E-state index in [1.165, 1.54) is 0 Å². The maximum absolute atomic E-state index is 12.6. The second-order valence-corrected chi connectivity index (χ2v) is 6.95. The molecule has 1 aromatic carbocycles. The predicted molar refractivity (Wildman–Crippen MR) is 94.6 cm³/mol. The number of pyridine rings is 1. The van der Waals surface area contributed by atoms with E-state index in [-0.39, 0.29) is 27.8 Å². The minimum Gasteiger partial charge on any atom is -0.486 e. The van der Waals surface area contributed by atoms with Crippen LogP contribution in [0.15, 0.2) is 30.3 Å². The molecule has 1 aliphatic heterocycles. The van der Waals surface area contributed by atoms with Gasteiger partial charge in [0.1, 0.15) is 24.1 Å². The van der Waals surface area contributed by atoms with E-state index in [2.05, 4.69) is 10.3 Å². The fourth-order valence-corrected chi connectivity index (χ4v) is 3.28. The zero-order valence-corrected chi connectivity index (χ0v) is 14.8. The first-order valence-electron chi connectivity index (χ1n) is 8.14. The largest absolute Gasteiger partial charge is 0.486 e. The number of benzene rings is 1. The number of rotatable bonds is 4. The van der Waals surface area contributed by atoms with E-state index in [0.29, 0.717) is 24.9 Å². The van der Waals surface area contributed by atoms with Crippen LogP contribution in [0, 0.1) is 5.92 Å². The molecule has 1 atom stereocenters. The molecule has 25 heavy (non-hydrogen) atoms. The molecule has 0 radical (unpaired) electrons. The van der Waals surface area contributed by atoms with Crippen LogP contribution >= 0.6 is 23.2 Å². The van der Waals surface area contributed by atoms with Crippen LogP contribution in [0.1, 0.15) is 34.9 Å². The Morgan fingerprint density at radius 2 is 1.88 bits per heavy atom. The Morgan fingerprint density at radius 1 is 1.12 bits per heavy atom. The average Bonchev–Trinajstić information content (AvgIpc) is 3.46. The number of ether oxygens (including phenoxy) is 2. The summed E-state index contributed by atoms with van der Waals surface area (Å²) in [6.07, 6.45) is 2.13. The summed E-state index contributed by atoms with van der Waals surface area (Å²) in [5, 5.41) is 3.56. The van der Waals surface area contributed by atoms with Crippen molar-refractivity contribution in [3.05, 3.63) is 51.8 Å². The summed E-state index contributed by atoms with van der Waals surface area (Å²) in [6, 6.07) is 8.78. The lowest BCUT2D eigenvalue weighted by Crippen LogP contribution is -2.31. The molecule has 1 amide bonds. The highest BCUT2D eigenvalue weighted by Crippen LogP contribution is 2.43. The summed E-state index contributed by atoms with van der Waals surface area (Å²) in [5.74, 6) is 1.50. The number of carbonyl (C=O) groups is 1. The molecular weight excluding hydrogens is 363 g/mol. The first-order chi connectivity index (χ1) is 12.1. The number of amides is 1. The number of carbonyl (C=O) groups excluding carboxylic acids is 1. The predicted octanol–water partition coefficient (Wildman–Crippen LogP) is 4.04. The third-order valence-corrected chi connectivity index (χ3v) is 4.85. The molecule has 0 bridgehead atoms. The van der Waals surface area contributed by atoms with E-state index in [1.807, 2.05) is 18.2 Å². The number of halogens is 2. The SMILES string of the molecule is O=C(NC(c1ccc2c(c1)OCCO2)C1CC1)c1nc(Cl)ccc1Cl. The maximum atomic E-state index is 12.6. The van der Waals surface area contributed by atoms with E-state index in [1.54, 1.807) is 12.1 Å². The third-order valence-electron chi connectivity index (χ3n) is 4.33. The molecule has 1 N–H and O–H groups in total. The van der Waals surface area contributed by atoms with E-state index >= 15 is 0 Å². The zero-order valence-electron chi connectivity index (χ0n) is 13.3. The Hall–Kier alpha value is -1.98. The van der Waals surface area contributed by atoms with Crippen molar-refractivity contribution in [1.82, 2.24) is 10.3 Å². The van der Waals surface area contributed by atoms with E-state index in [9.17, 15) is 4.79 Å². The van der Waals surface area contributed by atoms with Gasteiger partial charge in [-0.15, -0.1) is 0 Å². The van der Waals surface area contributed by atoms with Crippen molar-refractivity contribution >= 4 is 29.1 Å². The fourth-order valence-electron chi connectivity index (χ4n) is 2.94. The van der Waals surface area contributed by atoms with Crippen molar-refractivity contribution in [3.8, 4) is 11.5 Å². The number of nitrogens with one attached hydrogen (secondary N) is 1. The Balaban J connectivity index is 1.60. The fraction of sp³-hybridized carbons (Fsp3) is 0.333. The zero-order chi connectivity index (χ0) is 17.4. The van der Waals surface area contributed by atoms with Gasteiger partial charge in [0.25, 0.3) is 5.91 Å². The first kappa shape index (κ1) is 16.5. The van der Waals surface area contributed by atoms with Crippen LogP contribution in [0.3, 0.4) is 0 Å². The summed E-state index contributed by atoms with van der Waals surface area (Å²) in [5.41, 5.74) is 1.12. The Bertz CT molecular complexity index is 824. The summed E-state index contributed by atoms with van der Waals surface area (Å²) in [4.78, 5) is 16.7. The Kier molecular flexibility index (Phi) is 4.44. The van der Waals surface area contributed by atoms with Crippen LogP contribution in [0.5, 0.6) is 11.5 Å². The number of fused-ring (bicyclic) bond motifs is 1. The highest BCUT2D eigenvalue weighted by Gasteiger charge is 2.34. The average molecular weight is 379 g/mol. The molecule has 7 heteroatoms. The minimum absolute atomic E-state index is 0.125. The van der Waals surface area contributed by atoms with Crippen molar-refractivity contribution in [2.45, 2.75) is 18.9 Å². The van der Waals surface area contributed by atoms with Gasteiger partial charge in [0.15, 0.2) is 11.5 Å². The number of hydrogen-bond acceptors (Lipinski definition) is 4. The van der Waals surface area contributed by atoms with Crippen molar-refractivity contribution in [2.24, 2.45) is 5.92 Å². The highest BCUT2D eigenvalue weighted by atomic mass is 35.5. The van der Waals surface area contributed by atoms with Crippen molar-refractivity contribution in [1.29, 1.82) is 0 Å². The second kappa shape index (κ2) is 6.73. The monoisotopic (exact) mass is 378 g/mol. The molecule has 1 unspecified atom stereocenters. The molecule has 0 saturated heterocycles. The molecule has 5 nitrogen and oxygen atoms in total. The molecule has 1 saturated carbocycles. The van der Waals surface area contributed by atoms with E-state index in [4.69, 9.17) is 32.7 Å². The van der Waals surface area contributed by atoms with Gasteiger partial charge in [0, 0.05) is 0 Å². The first-order valence-corrected chi connectivity index (χ1v) is 8.90. The summed E-state index contributed by atoms with van der Waals surface area (Å²) in [6.45, 7) is 1.08. The van der Waals surface area contributed by atoms with Crippen LogP contribution in [0.4, 0.5) is 0 Å². The number of hydrogen-bond donors (Lipinski definition) is 1. The van der Waals surface area contributed by atoms with E-state index in [0.717, 1.165) is 24.2 Å². The van der Waals surface area contributed by atoms with Gasteiger partial charge >= 0.3 is 0 Å². The molecular formula is C18H16Cl2N2O3. The number of nitrogens with zero attached hydrogens (tertiary/aromatic N) is 1. The van der Waals surface area contributed by atoms with Gasteiger partial charge in [-0.3, -0.25) is 4.79 Å². The van der Waals surface area contributed by atoms with Crippen LogP contribution < -0.4 is 14.8 Å². The summed E-state index contributed by atoms with van der Waals surface area (Å²) in [7, 11) is 0. The highest BCUT2D eigenvalue weighted by molar-refractivity contribution is 6.34.